The summed E-state index contributed by atoms with van der Waals surface area (Å²) in [7, 11) is 2.06. The number of amides is 1. The maximum atomic E-state index is 13.4. The normalized spacial score (nSPS) is 14.9. The summed E-state index contributed by atoms with van der Waals surface area (Å²) in [6.45, 7) is 7.52. The number of nitrogens with zero attached hydrogens (tertiary/aromatic N) is 6. The molecule has 10 heteroatoms. The summed E-state index contributed by atoms with van der Waals surface area (Å²) >= 11 is 1.69. The molecule has 0 atom stereocenters. The number of aromatic nitrogens is 3. The van der Waals surface area contributed by atoms with Gasteiger partial charge in [-0.1, -0.05) is 30.0 Å². The molecule has 2 aromatic heterocycles. The lowest BCUT2D eigenvalue weighted by Crippen LogP contribution is -2.35. The third-order valence-corrected chi connectivity index (χ3v) is 7.11. The first-order chi connectivity index (χ1) is 17.4. The summed E-state index contributed by atoms with van der Waals surface area (Å²) in [4.78, 5) is 24.8. The van der Waals surface area contributed by atoms with E-state index in [4.69, 9.17) is 10.7 Å². The van der Waals surface area contributed by atoms with Gasteiger partial charge in [0.15, 0.2) is 5.65 Å². The van der Waals surface area contributed by atoms with Gasteiger partial charge in [-0.05, 0) is 44.0 Å². The van der Waals surface area contributed by atoms with Crippen LogP contribution in [0.25, 0.3) is 22.3 Å². The molecule has 2 aliphatic rings. The van der Waals surface area contributed by atoms with Crippen LogP contribution in [0.2, 0.25) is 0 Å². The highest BCUT2D eigenvalue weighted by atomic mass is 32.2. The van der Waals surface area contributed by atoms with E-state index in [9.17, 15) is 4.79 Å². The van der Waals surface area contributed by atoms with Crippen LogP contribution in [0.5, 0.6) is 0 Å². The van der Waals surface area contributed by atoms with Crippen molar-refractivity contribution in [3.05, 3.63) is 70.5 Å². The van der Waals surface area contributed by atoms with Crippen molar-refractivity contribution in [1.82, 2.24) is 34.8 Å². The molecule has 9 nitrogen and oxygen atoms in total. The highest BCUT2D eigenvalue weighted by molar-refractivity contribution is 8.06. The summed E-state index contributed by atoms with van der Waals surface area (Å²) in [5.41, 5.74) is 9.89. The summed E-state index contributed by atoms with van der Waals surface area (Å²) < 4.78 is 1.87. The van der Waals surface area contributed by atoms with Crippen LogP contribution in [0.3, 0.4) is 0 Å². The maximum absolute atomic E-state index is 13.4. The smallest absolute Gasteiger partial charge is 0.253 e. The topological polar surface area (TPSA) is 95.6 Å². The largest absolute Gasteiger partial charge is 0.340 e. The van der Waals surface area contributed by atoms with Crippen LogP contribution in [0.4, 0.5) is 0 Å². The van der Waals surface area contributed by atoms with E-state index in [1.807, 2.05) is 22.9 Å². The van der Waals surface area contributed by atoms with Gasteiger partial charge in [0, 0.05) is 43.6 Å². The average Bonchev–Trinajstić information content (AvgIpc) is 3.57. The summed E-state index contributed by atoms with van der Waals surface area (Å²) in [5, 5.41) is 11.6. The predicted molar refractivity (Wildman–Crippen MR) is 144 cm³/mol. The fraction of sp³-hybridized carbons (Fsp3) is 0.346. The lowest BCUT2D eigenvalue weighted by molar-refractivity contribution is 0.0934. The molecule has 4 heterocycles. The van der Waals surface area contributed by atoms with Crippen molar-refractivity contribution in [3.63, 3.8) is 0 Å². The number of thioether (sulfide) groups is 1. The molecule has 188 valence electrons. The number of rotatable bonds is 9. The third kappa shape index (κ3) is 4.97. The highest BCUT2D eigenvalue weighted by Gasteiger charge is 2.23. The Kier molecular flexibility index (Phi) is 6.99. The standard InChI is InChI=1S/C26H32N8OS/c1-18(2)34-25-22(13-29-34)21(26(35)28-16-32-15-24-33(17-32)9-10-36-24)12-23(30-25)20-6-4-5-19(11-20)14-31(3)8-7-27/h4-6,9-13,15,18H,7-8,14,16-17,27H2,1-3H3,(H,28,35). The van der Waals surface area contributed by atoms with Gasteiger partial charge >= 0.3 is 0 Å². The van der Waals surface area contributed by atoms with E-state index >= 15 is 0 Å². The van der Waals surface area contributed by atoms with Gasteiger partial charge in [0.05, 0.1) is 41.2 Å². The molecule has 36 heavy (non-hydrogen) atoms. The third-order valence-electron chi connectivity index (χ3n) is 6.27. The van der Waals surface area contributed by atoms with E-state index in [1.165, 1.54) is 10.6 Å². The zero-order valence-electron chi connectivity index (χ0n) is 20.9. The van der Waals surface area contributed by atoms with Gasteiger partial charge in [-0.3, -0.25) is 4.79 Å². The van der Waals surface area contributed by atoms with Crippen LogP contribution in [-0.2, 0) is 6.54 Å². The fourth-order valence-electron chi connectivity index (χ4n) is 4.46. The Morgan fingerprint density at radius 3 is 2.94 bits per heavy atom. The Morgan fingerprint density at radius 1 is 1.31 bits per heavy atom. The number of nitrogens with one attached hydrogen (secondary N) is 1. The number of fused-ring (bicyclic) bond motifs is 2. The van der Waals surface area contributed by atoms with Crippen molar-refractivity contribution in [1.29, 1.82) is 0 Å². The number of nitrogens with two attached hydrogens (primary N) is 1. The van der Waals surface area contributed by atoms with E-state index in [-0.39, 0.29) is 11.9 Å². The van der Waals surface area contributed by atoms with Crippen LogP contribution < -0.4 is 11.1 Å². The minimum atomic E-state index is -0.139. The molecule has 1 aromatic carbocycles. The van der Waals surface area contributed by atoms with Gasteiger partial charge in [0.25, 0.3) is 5.91 Å². The molecule has 5 rings (SSSR count). The van der Waals surface area contributed by atoms with E-state index in [0.29, 0.717) is 24.4 Å². The summed E-state index contributed by atoms with van der Waals surface area (Å²) in [6, 6.07) is 10.3. The second-order valence-electron chi connectivity index (χ2n) is 9.44. The minimum absolute atomic E-state index is 0.118. The summed E-state index contributed by atoms with van der Waals surface area (Å²) in [5.74, 6) is -0.139. The SMILES string of the molecule is CC(C)n1ncc2c(C(=O)NCN3C=C4SC=CN4C3)cc(-c3cccc(CN(C)CCN)c3)nc21. The first-order valence-corrected chi connectivity index (χ1v) is 13.0. The van der Waals surface area contributed by atoms with Gasteiger partial charge < -0.3 is 25.8 Å². The number of hydrogen-bond acceptors (Lipinski definition) is 8. The number of carbonyl (C=O) groups excluding carboxylic acids is 1. The molecule has 3 aromatic rings. The Morgan fingerprint density at radius 2 is 2.17 bits per heavy atom. The Bertz CT molecular complexity index is 1330. The second kappa shape index (κ2) is 10.3. The number of likely N-dealkylation sites (N-methyl/N-ethyl adjacent to an activating group) is 1. The van der Waals surface area contributed by atoms with Crippen LogP contribution in [0.1, 0.15) is 35.8 Å². The molecule has 0 bridgehead atoms. The molecular formula is C26H32N8OS. The molecule has 1 amide bonds. The highest BCUT2D eigenvalue weighted by Crippen LogP contribution is 2.33. The molecule has 0 fully saturated rings. The van der Waals surface area contributed by atoms with Crippen LogP contribution in [0.15, 0.2) is 59.4 Å². The van der Waals surface area contributed by atoms with Crippen molar-refractivity contribution in [3.8, 4) is 11.3 Å². The molecule has 0 unspecified atom stereocenters. The zero-order valence-corrected chi connectivity index (χ0v) is 21.7. The minimum Gasteiger partial charge on any atom is -0.340 e. The fourth-order valence-corrected chi connectivity index (χ4v) is 5.28. The van der Waals surface area contributed by atoms with E-state index in [1.54, 1.807) is 18.0 Å². The molecule has 0 saturated carbocycles. The maximum Gasteiger partial charge on any atom is 0.253 e. The molecule has 3 N–H and O–H groups in total. The molecular weight excluding hydrogens is 472 g/mol. The average molecular weight is 505 g/mol. The molecule has 0 radical (unpaired) electrons. The van der Waals surface area contributed by atoms with Gasteiger partial charge in [0.1, 0.15) is 0 Å². The zero-order chi connectivity index (χ0) is 25.2. The Balaban J connectivity index is 1.44. The molecule has 0 aliphatic carbocycles. The van der Waals surface area contributed by atoms with E-state index in [2.05, 4.69) is 76.0 Å². The van der Waals surface area contributed by atoms with Crippen molar-refractivity contribution in [2.24, 2.45) is 5.73 Å². The predicted octanol–water partition coefficient (Wildman–Crippen LogP) is 3.35. The monoisotopic (exact) mass is 504 g/mol. The Labute approximate surface area is 215 Å². The van der Waals surface area contributed by atoms with Crippen molar-refractivity contribution < 1.29 is 4.79 Å². The van der Waals surface area contributed by atoms with E-state index in [0.717, 1.165) is 36.4 Å². The van der Waals surface area contributed by atoms with Gasteiger partial charge in [-0.15, -0.1) is 0 Å². The van der Waals surface area contributed by atoms with Crippen LogP contribution >= 0.6 is 11.8 Å². The summed E-state index contributed by atoms with van der Waals surface area (Å²) in [6.07, 6.45) is 5.87. The van der Waals surface area contributed by atoms with Gasteiger partial charge in [-0.25, -0.2) is 9.67 Å². The van der Waals surface area contributed by atoms with Crippen molar-refractivity contribution in [2.45, 2.75) is 26.4 Å². The first-order valence-electron chi connectivity index (χ1n) is 12.1. The molecule has 2 aliphatic heterocycles. The number of carbonyl (C=O) groups is 1. The number of pyridine rings is 1. The number of benzene rings is 1. The van der Waals surface area contributed by atoms with Gasteiger partial charge in [0.2, 0.25) is 0 Å². The quantitative estimate of drug-likeness (QED) is 0.458. The Hall–Kier alpha value is -3.34. The van der Waals surface area contributed by atoms with Gasteiger partial charge in [-0.2, -0.15) is 5.10 Å². The molecule has 0 saturated heterocycles. The lowest BCUT2D eigenvalue weighted by Gasteiger charge is -2.19. The molecule has 0 spiro atoms. The lowest BCUT2D eigenvalue weighted by atomic mass is 10.0. The first kappa shape index (κ1) is 24.4. The van der Waals surface area contributed by atoms with Crippen molar-refractivity contribution >= 4 is 28.7 Å². The van der Waals surface area contributed by atoms with Crippen LogP contribution in [0, 0.1) is 0 Å². The number of hydrogen-bond donors (Lipinski definition) is 2. The second-order valence-corrected chi connectivity index (χ2v) is 10.4. The van der Waals surface area contributed by atoms with Crippen molar-refractivity contribution in [2.75, 3.05) is 33.5 Å². The van der Waals surface area contributed by atoms with Crippen LogP contribution in [-0.4, -0.2) is 68.8 Å². The van der Waals surface area contributed by atoms with E-state index < -0.39 is 0 Å².